The Morgan fingerprint density at radius 1 is 1.16 bits per heavy atom. The quantitative estimate of drug-likeness (QED) is 0.741. The van der Waals surface area contributed by atoms with E-state index in [1.165, 1.54) is 6.42 Å². The second-order valence-corrected chi connectivity index (χ2v) is 8.96. The number of benzene rings is 1. The van der Waals surface area contributed by atoms with Gasteiger partial charge in [-0.2, -0.15) is 5.10 Å². The van der Waals surface area contributed by atoms with E-state index < -0.39 is 0 Å². The molecule has 8 nitrogen and oxygen atoms in total. The lowest BCUT2D eigenvalue weighted by atomic mass is 9.94. The molecule has 5 rings (SSSR count). The molecule has 0 saturated heterocycles. The summed E-state index contributed by atoms with van der Waals surface area (Å²) in [5.41, 5.74) is 2.75. The summed E-state index contributed by atoms with van der Waals surface area (Å²) in [6.45, 7) is 3.32. The molecule has 1 aromatic carbocycles. The lowest BCUT2D eigenvalue weighted by Crippen LogP contribution is -2.56. The fourth-order valence-electron chi connectivity index (χ4n) is 5.06. The molecule has 1 saturated carbocycles. The van der Waals surface area contributed by atoms with Gasteiger partial charge in [-0.05, 0) is 37.8 Å². The molecule has 0 spiro atoms. The van der Waals surface area contributed by atoms with E-state index in [2.05, 4.69) is 10.1 Å². The van der Waals surface area contributed by atoms with Crippen molar-refractivity contribution in [1.82, 2.24) is 19.6 Å². The highest BCUT2D eigenvalue weighted by molar-refractivity contribution is 6.19. The van der Waals surface area contributed by atoms with Crippen molar-refractivity contribution in [3.05, 3.63) is 41.6 Å². The van der Waals surface area contributed by atoms with Crippen LogP contribution in [-0.4, -0.2) is 70.1 Å². The number of likely N-dealkylation sites (N-methyl/N-ethyl adjacent to an activating group) is 1. The van der Waals surface area contributed by atoms with Crippen LogP contribution in [-0.2, 0) is 4.79 Å². The Morgan fingerprint density at radius 3 is 2.72 bits per heavy atom. The number of nitrogens with zero attached hydrogens (tertiary/aromatic N) is 6. The second-order valence-electron chi connectivity index (χ2n) is 8.96. The molecule has 0 radical (unpaired) electrons. The number of anilines is 1. The predicted octanol–water partition coefficient (Wildman–Crippen LogP) is 3.36. The monoisotopic (exact) mass is 434 g/mol. The molecule has 0 N–H and O–H groups in total. The van der Waals surface area contributed by atoms with Gasteiger partial charge in [0.15, 0.2) is 5.82 Å². The van der Waals surface area contributed by atoms with E-state index in [-0.39, 0.29) is 24.5 Å². The normalized spacial score (nSPS) is 18.8. The number of hydrogen-bond donors (Lipinski definition) is 0. The number of rotatable bonds is 4. The van der Waals surface area contributed by atoms with E-state index >= 15 is 0 Å². The van der Waals surface area contributed by atoms with Crippen molar-refractivity contribution in [3.8, 4) is 5.69 Å². The number of aryl methyl sites for hydroxylation is 1. The molecule has 32 heavy (non-hydrogen) atoms. The zero-order valence-corrected chi connectivity index (χ0v) is 18.8. The molecule has 0 bridgehead atoms. The van der Waals surface area contributed by atoms with Gasteiger partial charge in [-0.3, -0.25) is 19.6 Å². The molecular formula is C24H30N6O2. The Labute approximate surface area is 188 Å². The van der Waals surface area contributed by atoms with Gasteiger partial charge < -0.3 is 4.90 Å². The van der Waals surface area contributed by atoms with Gasteiger partial charge in [-0.15, -0.1) is 0 Å². The largest absolute Gasteiger partial charge is 0.341 e. The first-order valence-electron chi connectivity index (χ1n) is 11.6. The van der Waals surface area contributed by atoms with Gasteiger partial charge in [0.2, 0.25) is 5.91 Å². The van der Waals surface area contributed by atoms with E-state index in [1.54, 1.807) is 20.7 Å². The fourth-order valence-corrected chi connectivity index (χ4v) is 5.06. The fraction of sp³-hybridized carbons (Fsp3) is 0.500. The molecule has 3 amide bonds. The highest BCUT2D eigenvalue weighted by atomic mass is 16.2. The topological polar surface area (TPSA) is 74.0 Å². The van der Waals surface area contributed by atoms with Crippen LogP contribution in [0.2, 0.25) is 0 Å². The zero-order valence-electron chi connectivity index (χ0n) is 18.8. The zero-order chi connectivity index (χ0) is 22.2. The predicted molar refractivity (Wildman–Crippen MR) is 123 cm³/mol. The van der Waals surface area contributed by atoms with Crippen LogP contribution in [0, 0.1) is 6.92 Å². The second kappa shape index (κ2) is 8.41. The molecule has 168 valence electrons. The maximum absolute atomic E-state index is 13.6. The summed E-state index contributed by atoms with van der Waals surface area (Å²) in [5, 5.41) is 4.64. The highest BCUT2D eigenvalue weighted by Crippen LogP contribution is 2.33. The Morgan fingerprint density at radius 2 is 1.94 bits per heavy atom. The van der Waals surface area contributed by atoms with Crippen molar-refractivity contribution in [1.29, 1.82) is 0 Å². The van der Waals surface area contributed by atoms with Gasteiger partial charge in [0.1, 0.15) is 12.4 Å². The number of para-hydroxylation sites is 1. The molecule has 0 unspecified atom stereocenters. The maximum Gasteiger partial charge on any atom is 0.331 e. The molecule has 3 aliphatic rings. The van der Waals surface area contributed by atoms with Crippen molar-refractivity contribution in [3.63, 3.8) is 0 Å². The number of hydrogen-bond acceptors (Lipinski definition) is 4. The van der Waals surface area contributed by atoms with Gasteiger partial charge in [0.05, 0.1) is 17.4 Å². The van der Waals surface area contributed by atoms with Gasteiger partial charge in [0.25, 0.3) is 0 Å². The number of aromatic nitrogens is 2. The van der Waals surface area contributed by atoms with Gasteiger partial charge >= 0.3 is 6.03 Å². The van der Waals surface area contributed by atoms with Gasteiger partial charge in [-0.25, -0.2) is 9.48 Å². The molecule has 1 aromatic heterocycles. The summed E-state index contributed by atoms with van der Waals surface area (Å²) in [5.74, 6) is 1.26. The number of fused-ring (bicyclic) bond motifs is 3. The first kappa shape index (κ1) is 20.7. The lowest BCUT2D eigenvalue weighted by molar-refractivity contribution is -0.131. The average Bonchev–Trinajstić information content (AvgIpc) is 3.27. The van der Waals surface area contributed by atoms with Gasteiger partial charge in [0, 0.05) is 26.2 Å². The first-order valence-corrected chi connectivity index (χ1v) is 11.6. The third kappa shape index (κ3) is 3.47. The third-order valence-corrected chi connectivity index (χ3v) is 6.91. The van der Waals surface area contributed by atoms with Crippen LogP contribution in [0.3, 0.4) is 0 Å². The molecule has 8 heteroatoms. The Balaban J connectivity index is 1.54. The van der Waals surface area contributed by atoms with Crippen LogP contribution in [0.5, 0.6) is 0 Å². The van der Waals surface area contributed by atoms with E-state index in [4.69, 9.17) is 0 Å². The number of amidine groups is 1. The van der Waals surface area contributed by atoms with Crippen molar-refractivity contribution in [2.24, 2.45) is 4.99 Å². The van der Waals surface area contributed by atoms with Crippen LogP contribution in [0.1, 0.15) is 49.7 Å². The van der Waals surface area contributed by atoms with E-state index in [9.17, 15) is 9.59 Å². The van der Waals surface area contributed by atoms with Crippen LogP contribution < -0.4 is 4.90 Å². The van der Waals surface area contributed by atoms with Crippen LogP contribution in [0.15, 0.2) is 35.5 Å². The number of amides is 3. The summed E-state index contributed by atoms with van der Waals surface area (Å²) in [6.07, 6.45) is 8.20. The SMILES string of the molecule is Cc1ccccc1-n1ncc2c1N(CC(=O)N(C)C1CCCCC1)C(=O)N1CCCN=C21. The molecular weight excluding hydrogens is 404 g/mol. The highest BCUT2D eigenvalue weighted by Gasteiger charge is 2.41. The van der Waals surface area contributed by atoms with E-state index in [0.717, 1.165) is 48.9 Å². The maximum atomic E-state index is 13.6. The molecule has 1 fully saturated rings. The van der Waals surface area contributed by atoms with E-state index in [0.29, 0.717) is 24.7 Å². The average molecular weight is 435 g/mol. The standard InChI is InChI=1S/C24H30N6O2/c1-17-9-6-7-12-20(17)30-23-19(15-26-30)22-25-13-8-14-28(22)24(32)29(23)16-21(31)27(2)18-10-4-3-5-11-18/h6-7,9,12,15,18H,3-5,8,10-11,13-14,16H2,1-2H3. The summed E-state index contributed by atoms with van der Waals surface area (Å²) in [6, 6.07) is 7.99. The third-order valence-electron chi connectivity index (χ3n) is 6.91. The minimum atomic E-state index is -0.198. The summed E-state index contributed by atoms with van der Waals surface area (Å²) in [4.78, 5) is 36.7. The van der Waals surface area contributed by atoms with Crippen molar-refractivity contribution in [2.75, 3.05) is 31.6 Å². The van der Waals surface area contributed by atoms with E-state index in [1.807, 2.05) is 43.1 Å². The van der Waals surface area contributed by atoms with Crippen molar-refractivity contribution < 1.29 is 9.59 Å². The van der Waals surface area contributed by atoms with Gasteiger partial charge in [-0.1, -0.05) is 37.5 Å². The number of urea groups is 1. The smallest absolute Gasteiger partial charge is 0.331 e. The van der Waals surface area contributed by atoms with Crippen molar-refractivity contribution in [2.45, 2.75) is 51.5 Å². The molecule has 2 aliphatic heterocycles. The Hall–Kier alpha value is -3.16. The first-order chi connectivity index (χ1) is 15.6. The van der Waals surface area contributed by atoms with Crippen molar-refractivity contribution >= 4 is 23.6 Å². The summed E-state index contributed by atoms with van der Waals surface area (Å²) >= 11 is 0. The Kier molecular flexibility index (Phi) is 5.45. The minimum absolute atomic E-state index is 0.000186. The number of aliphatic imine (C=N–C) groups is 1. The Bertz CT molecular complexity index is 1070. The molecule has 3 heterocycles. The number of carbonyl (C=O) groups is 2. The number of carbonyl (C=O) groups excluding carboxylic acids is 2. The molecule has 2 aromatic rings. The molecule has 0 atom stereocenters. The van der Waals surface area contributed by atoms with Crippen LogP contribution >= 0.6 is 0 Å². The van der Waals surface area contributed by atoms with Crippen LogP contribution in [0.4, 0.5) is 10.6 Å². The summed E-state index contributed by atoms with van der Waals surface area (Å²) < 4.78 is 1.78. The lowest BCUT2D eigenvalue weighted by Gasteiger charge is -2.39. The van der Waals surface area contributed by atoms with Crippen LogP contribution in [0.25, 0.3) is 5.69 Å². The minimum Gasteiger partial charge on any atom is -0.341 e. The molecule has 1 aliphatic carbocycles. The summed E-state index contributed by atoms with van der Waals surface area (Å²) in [7, 11) is 1.88.